The van der Waals surface area contributed by atoms with Crippen molar-refractivity contribution in [2.45, 2.75) is 13.3 Å². The number of hydrogen-bond acceptors (Lipinski definition) is 0. The average molecular weight is 221 g/mol. The number of H-pyrrole nitrogens is 1. The van der Waals surface area contributed by atoms with E-state index in [1.165, 1.54) is 27.7 Å². The highest BCUT2D eigenvalue weighted by molar-refractivity contribution is 5.90. The first-order chi connectivity index (χ1) is 8.40. The van der Waals surface area contributed by atoms with Gasteiger partial charge in [-0.1, -0.05) is 55.5 Å². The maximum Gasteiger partial charge on any atom is 0.0497 e. The van der Waals surface area contributed by atoms with Crippen molar-refractivity contribution in [3.63, 3.8) is 0 Å². The third kappa shape index (κ3) is 1.64. The van der Waals surface area contributed by atoms with E-state index in [-0.39, 0.29) is 0 Å². The summed E-state index contributed by atoms with van der Waals surface area (Å²) in [6.07, 6.45) is 1.05. The first kappa shape index (κ1) is 10.2. The third-order valence-corrected chi connectivity index (χ3v) is 3.23. The van der Waals surface area contributed by atoms with Gasteiger partial charge in [-0.25, -0.2) is 0 Å². The summed E-state index contributed by atoms with van der Waals surface area (Å²) < 4.78 is 0. The molecular weight excluding hydrogens is 206 g/mol. The lowest BCUT2D eigenvalue weighted by Crippen LogP contribution is -1.83. The second-order valence-electron chi connectivity index (χ2n) is 4.24. The molecule has 0 fully saturated rings. The number of aromatic nitrogens is 1. The molecule has 2 aromatic carbocycles. The minimum absolute atomic E-state index is 1.05. The van der Waals surface area contributed by atoms with Crippen LogP contribution < -0.4 is 0 Å². The number of para-hydroxylation sites is 1. The molecule has 0 unspecified atom stereocenters. The van der Waals surface area contributed by atoms with Crippen LogP contribution in [0.25, 0.3) is 22.2 Å². The lowest BCUT2D eigenvalue weighted by atomic mass is 10.0. The number of hydrogen-bond donors (Lipinski definition) is 1. The van der Waals surface area contributed by atoms with Gasteiger partial charge in [0.25, 0.3) is 0 Å². The summed E-state index contributed by atoms with van der Waals surface area (Å²) in [7, 11) is 0. The Balaban J connectivity index is 2.30. The van der Waals surface area contributed by atoms with Crippen molar-refractivity contribution >= 4 is 10.9 Å². The van der Waals surface area contributed by atoms with E-state index in [1.54, 1.807) is 0 Å². The Kier molecular flexibility index (Phi) is 2.45. The third-order valence-electron chi connectivity index (χ3n) is 3.23. The maximum absolute atomic E-state index is 3.53. The SMILES string of the molecule is CCc1c(-c2ccccc2)[nH]c2ccccc12. The van der Waals surface area contributed by atoms with Crippen molar-refractivity contribution in [3.8, 4) is 11.3 Å². The summed E-state index contributed by atoms with van der Waals surface area (Å²) in [4.78, 5) is 3.53. The molecule has 0 radical (unpaired) electrons. The van der Waals surface area contributed by atoms with Crippen LogP contribution in [-0.2, 0) is 6.42 Å². The number of aryl methyl sites for hydroxylation is 1. The van der Waals surface area contributed by atoms with E-state index in [9.17, 15) is 0 Å². The van der Waals surface area contributed by atoms with Crippen LogP contribution in [0, 0.1) is 0 Å². The van der Waals surface area contributed by atoms with Gasteiger partial charge in [0.05, 0.1) is 0 Å². The van der Waals surface area contributed by atoms with E-state index in [2.05, 4.69) is 66.5 Å². The maximum atomic E-state index is 3.53. The molecule has 1 nitrogen and oxygen atoms in total. The Morgan fingerprint density at radius 1 is 0.882 bits per heavy atom. The Hall–Kier alpha value is -2.02. The van der Waals surface area contributed by atoms with Crippen molar-refractivity contribution in [1.29, 1.82) is 0 Å². The zero-order valence-corrected chi connectivity index (χ0v) is 9.90. The average Bonchev–Trinajstić information content (AvgIpc) is 2.78. The predicted molar refractivity (Wildman–Crippen MR) is 73.1 cm³/mol. The summed E-state index contributed by atoms with van der Waals surface area (Å²) >= 11 is 0. The number of aromatic amines is 1. The Labute approximate surface area is 101 Å². The summed E-state index contributed by atoms with van der Waals surface area (Å²) in [6.45, 7) is 2.21. The molecule has 3 rings (SSSR count). The number of rotatable bonds is 2. The van der Waals surface area contributed by atoms with E-state index in [0.717, 1.165) is 6.42 Å². The van der Waals surface area contributed by atoms with Crippen molar-refractivity contribution in [2.24, 2.45) is 0 Å². The number of benzene rings is 2. The predicted octanol–water partition coefficient (Wildman–Crippen LogP) is 4.40. The molecule has 0 spiro atoms. The molecule has 0 bridgehead atoms. The van der Waals surface area contributed by atoms with Gasteiger partial charge in [-0.3, -0.25) is 0 Å². The molecule has 0 aliphatic rings. The first-order valence-corrected chi connectivity index (χ1v) is 6.05. The number of fused-ring (bicyclic) bond motifs is 1. The fraction of sp³-hybridized carbons (Fsp3) is 0.125. The van der Waals surface area contributed by atoms with Crippen molar-refractivity contribution in [3.05, 3.63) is 60.2 Å². The van der Waals surface area contributed by atoms with Gasteiger partial charge in [-0.15, -0.1) is 0 Å². The summed E-state index contributed by atoms with van der Waals surface area (Å²) in [6, 6.07) is 19.0. The van der Waals surface area contributed by atoms with E-state index in [4.69, 9.17) is 0 Å². The first-order valence-electron chi connectivity index (χ1n) is 6.05. The highest BCUT2D eigenvalue weighted by atomic mass is 14.7. The van der Waals surface area contributed by atoms with E-state index in [1.807, 2.05) is 0 Å². The normalized spacial score (nSPS) is 10.9. The Morgan fingerprint density at radius 2 is 1.59 bits per heavy atom. The van der Waals surface area contributed by atoms with E-state index >= 15 is 0 Å². The molecule has 1 heteroatoms. The molecule has 17 heavy (non-hydrogen) atoms. The van der Waals surface area contributed by atoms with Crippen molar-refractivity contribution < 1.29 is 0 Å². The summed E-state index contributed by atoms with van der Waals surface area (Å²) in [5, 5.41) is 1.34. The largest absolute Gasteiger partial charge is 0.354 e. The van der Waals surface area contributed by atoms with Gasteiger partial charge in [-0.2, -0.15) is 0 Å². The minimum Gasteiger partial charge on any atom is -0.354 e. The summed E-state index contributed by atoms with van der Waals surface area (Å²) in [5.74, 6) is 0. The van der Waals surface area contributed by atoms with Gasteiger partial charge >= 0.3 is 0 Å². The molecule has 0 aliphatic carbocycles. The molecule has 1 aromatic heterocycles. The lowest BCUT2D eigenvalue weighted by Gasteiger charge is -2.01. The van der Waals surface area contributed by atoms with Gasteiger partial charge in [0, 0.05) is 16.6 Å². The van der Waals surface area contributed by atoms with Crippen LogP contribution in [0.4, 0.5) is 0 Å². The summed E-state index contributed by atoms with van der Waals surface area (Å²) in [5.41, 5.74) is 5.16. The van der Waals surface area contributed by atoms with E-state index < -0.39 is 0 Å². The lowest BCUT2D eigenvalue weighted by molar-refractivity contribution is 1.16. The molecule has 0 saturated carbocycles. The number of nitrogens with one attached hydrogen (secondary N) is 1. The minimum atomic E-state index is 1.05. The molecule has 1 heterocycles. The van der Waals surface area contributed by atoms with Gasteiger partial charge < -0.3 is 4.98 Å². The highest BCUT2D eigenvalue weighted by Gasteiger charge is 2.10. The van der Waals surface area contributed by atoms with Gasteiger partial charge in [0.15, 0.2) is 0 Å². The van der Waals surface area contributed by atoms with Crippen LogP contribution in [-0.4, -0.2) is 4.98 Å². The van der Waals surface area contributed by atoms with Crippen LogP contribution >= 0.6 is 0 Å². The highest BCUT2D eigenvalue weighted by Crippen LogP contribution is 2.30. The quantitative estimate of drug-likeness (QED) is 0.660. The molecule has 1 N–H and O–H groups in total. The monoisotopic (exact) mass is 221 g/mol. The zero-order chi connectivity index (χ0) is 11.7. The molecule has 0 saturated heterocycles. The molecule has 3 aromatic rings. The second kappa shape index (κ2) is 4.10. The van der Waals surface area contributed by atoms with Crippen molar-refractivity contribution in [1.82, 2.24) is 4.98 Å². The van der Waals surface area contributed by atoms with Crippen LogP contribution in [0.3, 0.4) is 0 Å². The molecule has 84 valence electrons. The Morgan fingerprint density at radius 3 is 2.35 bits per heavy atom. The van der Waals surface area contributed by atoms with Gasteiger partial charge in [0.1, 0.15) is 0 Å². The molecule has 0 amide bonds. The van der Waals surface area contributed by atoms with Crippen LogP contribution in [0.5, 0.6) is 0 Å². The Bertz CT molecular complexity index is 635. The van der Waals surface area contributed by atoms with Crippen LogP contribution in [0.2, 0.25) is 0 Å². The second-order valence-corrected chi connectivity index (χ2v) is 4.24. The fourth-order valence-corrected chi connectivity index (χ4v) is 2.42. The molecule has 0 aliphatic heterocycles. The smallest absolute Gasteiger partial charge is 0.0497 e. The van der Waals surface area contributed by atoms with Gasteiger partial charge in [-0.05, 0) is 23.6 Å². The van der Waals surface area contributed by atoms with Crippen LogP contribution in [0.1, 0.15) is 12.5 Å². The zero-order valence-electron chi connectivity index (χ0n) is 9.90. The van der Waals surface area contributed by atoms with Crippen molar-refractivity contribution in [2.75, 3.05) is 0 Å². The van der Waals surface area contributed by atoms with Gasteiger partial charge in [0.2, 0.25) is 0 Å². The molecular formula is C16H15N. The van der Waals surface area contributed by atoms with E-state index in [0.29, 0.717) is 0 Å². The standard InChI is InChI=1S/C16H15N/c1-2-13-14-10-6-7-11-15(14)17-16(13)12-8-4-3-5-9-12/h3-11,17H,2H2,1H3. The van der Waals surface area contributed by atoms with Crippen LogP contribution in [0.15, 0.2) is 54.6 Å². The topological polar surface area (TPSA) is 15.8 Å². The fourth-order valence-electron chi connectivity index (χ4n) is 2.42. The molecule has 0 atom stereocenters.